The van der Waals surface area contributed by atoms with Crippen molar-refractivity contribution in [3.63, 3.8) is 0 Å². The van der Waals surface area contributed by atoms with Gasteiger partial charge in [-0.05, 0) is 44.3 Å². The number of aliphatic hydroxyl groups excluding tert-OH is 1. The minimum atomic E-state index is 0.115. The van der Waals surface area contributed by atoms with Crippen LogP contribution in [0.1, 0.15) is 31.2 Å². The summed E-state index contributed by atoms with van der Waals surface area (Å²) in [6.07, 6.45) is 6.61. The lowest BCUT2D eigenvalue weighted by Crippen LogP contribution is -2.35. The minimum absolute atomic E-state index is 0.115. The van der Waals surface area contributed by atoms with E-state index in [1.807, 2.05) is 10.9 Å². The van der Waals surface area contributed by atoms with E-state index in [0.717, 1.165) is 32.8 Å². The first kappa shape index (κ1) is 14.5. The maximum Gasteiger partial charge on any atom is 0.0698 e. The molecule has 0 aromatic carbocycles. The largest absolute Gasteiger partial charge is 0.394 e. The monoisotopic (exact) mass is 267 g/mol. The van der Waals surface area contributed by atoms with Gasteiger partial charge in [-0.25, -0.2) is 0 Å². The number of hydrogen-bond acceptors (Lipinski definition) is 4. The molecule has 5 nitrogen and oxygen atoms in total. The third kappa shape index (κ3) is 4.30. The first-order valence-corrected chi connectivity index (χ1v) is 7.26. The van der Waals surface area contributed by atoms with E-state index in [-0.39, 0.29) is 6.61 Å². The van der Waals surface area contributed by atoms with E-state index in [9.17, 15) is 0 Å². The molecule has 0 aliphatic carbocycles. The normalized spacial score (nSPS) is 18.0. The Hall–Kier alpha value is -0.910. The van der Waals surface area contributed by atoms with Crippen molar-refractivity contribution in [2.45, 2.75) is 32.2 Å². The SMILES string of the molecule is CCn1cc(C2CCN(CCOCCO)CC2)cn1. The number of piperidine rings is 1. The highest BCUT2D eigenvalue weighted by Gasteiger charge is 2.21. The Bertz CT molecular complexity index is 359. The van der Waals surface area contributed by atoms with Gasteiger partial charge in [0.25, 0.3) is 0 Å². The lowest BCUT2D eigenvalue weighted by atomic mass is 9.91. The van der Waals surface area contributed by atoms with Crippen LogP contribution in [0, 0.1) is 0 Å². The fourth-order valence-corrected chi connectivity index (χ4v) is 2.61. The van der Waals surface area contributed by atoms with Gasteiger partial charge in [-0.1, -0.05) is 0 Å². The summed E-state index contributed by atoms with van der Waals surface area (Å²) in [7, 11) is 0. The lowest BCUT2D eigenvalue weighted by molar-refractivity contribution is 0.0679. The molecule has 0 unspecified atom stereocenters. The van der Waals surface area contributed by atoms with E-state index in [2.05, 4.69) is 23.1 Å². The average molecular weight is 267 g/mol. The smallest absolute Gasteiger partial charge is 0.0698 e. The zero-order valence-electron chi connectivity index (χ0n) is 11.8. The number of nitrogens with zero attached hydrogens (tertiary/aromatic N) is 3. The first-order chi connectivity index (χ1) is 9.33. The molecule has 1 aromatic rings. The number of rotatable bonds is 7. The van der Waals surface area contributed by atoms with Gasteiger partial charge < -0.3 is 14.7 Å². The molecule has 2 heterocycles. The summed E-state index contributed by atoms with van der Waals surface area (Å²) >= 11 is 0. The Kier molecular flexibility index (Phi) is 5.82. The predicted octanol–water partition coefficient (Wildman–Crippen LogP) is 1.09. The molecule has 0 atom stereocenters. The Morgan fingerprint density at radius 1 is 1.37 bits per heavy atom. The predicted molar refractivity (Wildman–Crippen MR) is 74.2 cm³/mol. The first-order valence-electron chi connectivity index (χ1n) is 7.26. The zero-order chi connectivity index (χ0) is 13.5. The molecule has 2 rings (SSSR count). The van der Waals surface area contributed by atoms with Crippen molar-refractivity contribution < 1.29 is 9.84 Å². The zero-order valence-corrected chi connectivity index (χ0v) is 11.8. The Morgan fingerprint density at radius 2 is 2.16 bits per heavy atom. The summed E-state index contributed by atoms with van der Waals surface area (Å²) in [6.45, 7) is 7.58. The second kappa shape index (κ2) is 7.62. The van der Waals surface area contributed by atoms with Gasteiger partial charge in [0.1, 0.15) is 0 Å². The third-order valence-corrected chi connectivity index (χ3v) is 3.82. The van der Waals surface area contributed by atoms with Gasteiger partial charge in [-0.2, -0.15) is 5.10 Å². The molecule has 1 saturated heterocycles. The summed E-state index contributed by atoms with van der Waals surface area (Å²) in [5, 5.41) is 13.0. The second-order valence-corrected chi connectivity index (χ2v) is 5.08. The standard InChI is InChI=1S/C14H25N3O2/c1-2-17-12-14(11-15-17)13-3-5-16(6-4-13)7-9-19-10-8-18/h11-13,18H,2-10H2,1H3. The van der Waals surface area contributed by atoms with Crippen molar-refractivity contribution in [2.75, 3.05) is 39.5 Å². The Labute approximate surface area is 115 Å². The van der Waals surface area contributed by atoms with Crippen molar-refractivity contribution in [2.24, 2.45) is 0 Å². The number of hydrogen-bond donors (Lipinski definition) is 1. The van der Waals surface area contributed by atoms with Gasteiger partial charge in [-0.3, -0.25) is 4.68 Å². The van der Waals surface area contributed by atoms with Gasteiger partial charge >= 0.3 is 0 Å². The molecular formula is C14H25N3O2. The quantitative estimate of drug-likeness (QED) is 0.751. The van der Waals surface area contributed by atoms with Crippen LogP contribution in [0.4, 0.5) is 0 Å². The van der Waals surface area contributed by atoms with Gasteiger partial charge in [0.05, 0.1) is 26.0 Å². The van der Waals surface area contributed by atoms with Crippen LogP contribution < -0.4 is 0 Å². The molecule has 5 heteroatoms. The summed E-state index contributed by atoms with van der Waals surface area (Å²) < 4.78 is 7.31. The van der Waals surface area contributed by atoms with Crippen LogP contribution in [0.3, 0.4) is 0 Å². The molecule has 1 aliphatic heterocycles. The van der Waals surface area contributed by atoms with E-state index in [1.165, 1.54) is 18.4 Å². The number of aromatic nitrogens is 2. The van der Waals surface area contributed by atoms with Crippen molar-refractivity contribution in [1.82, 2.24) is 14.7 Å². The molecule has 108 valence electrons. The summed E-state index contributed by atoms with van der Waals surface area (Å²) in [5.74, 6) is 0.662. The van der Waals surface area contributed by atoms with Crippen LogP contribution in [-0.4, -0.2) is 59.2 Å². The summed E-state index contributed by atoms with van der Waals surface area (Å²) in [6, 6.07) is 0. The Morgan fingerprint density at radius 3 is 2.79 bits per heavy atom. The fraction of sp³-hybridized carbons (Fsp3) is 0.786. The topological polar surface area (TPSA) is 50.5 Å². The van der Waals surface area contributed by atoms with Crippen molar-refractivity contribution in [3.05, 3.63) is 18.0 Å². The molecule has 0 saturated carbocycles. The van der Waals surface area contributed by atoms with Crippen molar-refractivity contribution in [3.8, 4) is 0 Å². The molecular weight excluding hydrogens is 242 g/mol. The molecule has 1 aromatic heterocycles. The molecule has 0 spiro atoms. The fourth-order valence-electron chi connectivity index (χ4n) is 2.61. The minimum Gasteiger partial charge on any atom is -0.394 e. The number of likely N-dealkylation sites (tertiary alicyclic amines) is 1. The van der Waals surface area contributed by atoms with Crippen molar-refractivity contribution >= 4 is 0 Å². The molecule has 0 amide bonds. The van der Waals surface area contributed by atoms with Crippen LogP contribution >= 0.6 is 0 Å². The van der Waals surface area contributed by atoms with Crippen LogP contribution in [0.25, 0.3) is 0 Å². The highest BCUT2D eigenvalue weighted by molar-refractivity contribution is 5.12. The molecule has 1 aliphatic rings. The Balaban J connectivity index is 1.70. The molecule has 0 radical (unpaired) electrons. The number of aliphatic hydroxyl groups is 1. The maximum absolute atomic E-state index is 8.64. The van der Waals surface area contributed by atoms with Crippen LogP contribution in [0.15, 0.2) is 12.4 Å². The van der Waals surface area contributed by atoms with Crippen LogP contribution in [-0.2, 0) is 11.3 Å². The van der Waals surface area contributed by atoms with E-state index in [1.54, 1.807) is 0 Å². The highest BCUT2D eigenvalue weighted by atomic mass is 16.5. The van der Waals surface area contributed by atoms with E-state index in [4.69, 9.17) is 9.84 Å². The lowest BCUT2D eigenvalue weighted by Gasteiger charge is -2.31. The molecule has 1 N–H and O–H groups in total. The molecule has 19 heavy (non-hydrogen) atoms. The van der Waals surface area contributed by atoms with Gasteiger partial charge in [0.2, 0.25) is 0 Å². The maximum atomic E-state index is 8.64. The van der Waals surface area contributed by atoms with E-state index >= 15 is 0 Å². The summed E-state index contributed by atoms with van der Waals surface area (Å²) in [4.78, 5) is 2.44. The van der Waals surface area contributed by atoms with Gasteiger partial charge in [0, 0.05) is 19.3 Å². The van der Waals surface area contributed by atoms with Crippen LogP contribution in [0.5, 0.6) is 0 Å². The highest BCUT2D eigenvalue weighted by Crippen LogP contribution is 2.27. The van der Waals surface area contributed by atoms with E-state index < -0.39 is 0 Å². The van der Waals surface area contributed by atoms with Gasteiger partial charge in [0.15, 0.2) is 0 Å². The molecule has 0 bridgehead atoms. The number of ether oxygens (including phenoxy) is 1. The summed E-state index contributed by atoms with van der Waals surface area (Å²) in [5.41, 5.74) is 1.39. The van der Waals surface area contributed by atoms with E-state index in [0.29, 0.717) is 12.5 Å². The molecule has 1 fully saturated rings. The average Bonchev–Trinajstić information content (AvgIpc) is 2.93. The van der Waals surface area contributed by atoms with Crippen molar-refractivity contribution in [1.29, 1.82) is 0 Å². The third-order valence-electron chi connectivity index (χ3n) is 3.82. The second-order valence-electron chi connectivity index (χ2n) is 5.08. The number of aryl methyl sites for hydroxylation is 1. The van der Waals surface area contributed by atoms with Crippen LogP contribution in [0.2, 0.25) is 0 Å². The van der Waals surface area contributed by atoms with Gasteiger partial charge in [-0.15, -0.1) is 0 Å².